The number of hydrogen-bond acceptors (Lipinski definition) is 3. The Labute approximate surface area is 90.2 Å². The van der Waals surface area contributed by atoms with E-state index in [2.05, 4.69) is 0 Å². The maximum absolute atomic E-state index is 10.9. The molecule has 1 aromatic heterocycles. The lowest BCUT2D eigenvalue weighted by Gasteiger charge is -2.00. The summed E-state index contributed by atoms with van der Waals surface area (Å²) in [6.45, 7) is 0. The maximum Gasteiger partial charge on any atom is 0.337 e. The number of benzene rings is 1. The van der Waals surface area contributed by atoms with Gasteiger partial charge in [0.05, 0.1) is 5.56 Å². The molecule has 3 nitrogen and oxygen atoms in total. The van der Waals surface area contributed by atoms with Crippen molar-refractivity contribution in [2.75, 3.05) is 0 Å². The third-order valence-electron chi connectivity index (χ3n) is 2.03. The van der Waals surface area contributed by atoms with Crippen molar-refractivity contribution < 1.29 is 15.0 Å². The van der Waals surface area contributed by atoms with E-state index >= 15 is 0 Å². The van der Waals surface area contributed by atoms with Crippen molar-refractivity contribution in [3.63, 3.8) is 0 Å². The molecule has 0 amide bonds. The molecule has 76 valence electrons. The van der Waals surface area contributed by atoms with E-state index in [1.165, 1.54) is 11.3 Å². The molecule has 1 heterocycles. The fourth-order valence-corrected chi connectivity index (χ4v) is 2.21. The maximum atomic E-state index is 10.9. The number of carboxylic acids is 1. The minimum absolute atomic E-state index is 0.173. The first-order valence-electron chi connectivity index (χ1n) is 4.28. The van der Waals surface area contributed by atoms with Gasteiger partial charge in [0.1, 0.15) is 5.75 Å². The van der Waals surface area contributed by atoms with Crippen LogP contribution in [0.1, 0.15) is 10.4 Å². The molecule has 2 rings (SSSR count). The van der Waals surface area contributed by atoms with Gasteiger partial charge in [-0.05, 0) is 41.3 Å². The number of aromatic carboxylic acids is 1. The lowest BCUT2D eigenvalue weighted by atomic mass is 10.1. The number of hydrogen-bond donors (Lipinski definition) is 2. The molecule has 0 aliphatic rings. The second kappa shape index (κ2) is 3.74. The van der Waals surface area contributed by atoms with Gasteiger partial charge in [0, 0.05) is 4.88 Å². The molecule has 0 atom stereocenters. The van der Waals surface area contributed by atoms with Gasteiger partial charge in [0.15, 0.2) is 0 Å². The average molecular weight is 220 g/mol. The zero-order chi connectivity index (χ0) is 10.8. The van der Waals surface area contributed by atoms with Crippen LogP contribution in [0.15, 0.2) is 35.7 Å². The highest BCUT2D eigenvalue weighted by molar-refractivity contribution is 7.14. The van der Waals surface area contributed by atoms with E-state index in [1.54, 1.807) is 35.7 Å². The van der Waals surface area contributed by atoms with E-state index in [0.29, 0.717) is 10.4 Å². The largest absolute Gasteiger partial charge is 0.508 e. The third kappa shape index (κ3) is 1.85. The van der Waals surface area contributed by atoms with Gasteiger partial charge >= 0.3 is 5.97 Å². The van der Waals surface area contributed by atoms with Crippen LogP contribution in [0.2, 0.25) is 0 Å². The minimum Gasteiger partial charge on any atom is -0.508 e. The topological polar surface area (TPSA) is 57.5 Å². The minimum atomic E-state index is -0.931. The summed E-state index contributed by atoms with van der Waals surface area (Å²) >= 11 is 1.37. The van der Waals surface area contributed by atoms with E-state index in [4.69, 9.17) is 10.2 Å². The number of aromatic hydroxyl groups is 1. The van der Waals surface area contributed by atoms with Gasteiger partial charge in [-0.25, -0.2) is 4.79 Å². The molecule has 0 spiro atoms. The number of phenolic OH excluding ortho intramolecular Hbond substituents is 1. The monoisotopic (exact) mass is 220 g/mol. The molecule has 0 aliphatic carbocycles. The van der Waals surface area contributed by atoms with Crippen LogP contribution in [0.25, 0.3) is 10.4 Å². The number of carbonyl (C=O) groups is 1. The van der Waals surface area contributed by atoms with Crippen molar-refractivity contribution in [3.05, 3.63) is 41.3 Å². The molecule has 2 N–H and O–H groups in total. The molecular formula is C11H8O3S. The Morgan fingerprint density at radius 2 is 1.80 bits per heavy atom. The molecule has 2 aromatic rings. The van der Waals surface area contributed by atoms with Crippen molar-refractivity contribution in [3.8, 4) is 16.2 Å². The van der Waals surface area contributed by atoms with Crippen LogP contribution in [0, 0.1) is 0 Å². The van der Waals surface area contributed by atoms with E-state index in [-0.39, 0.29) is 5.75 Å². The summed E-state index contributed by atoms with van der Waals surface area (Å²) in [6.07, 6.45) is 0. The smallest absolute Gasteiger partial charge is 0.337 e. The first-order chi connectivity index (χ1) is 7.18. The zero-order valence-corrected chi connectivity index (χ0v) is 8.49. The predicted molar refractivity (Wildman–Crippen MR) is 58.4 cm³/mol. The summed E-state index contributed by atoms with van der Waals surface area (Å²) in [5.74, 6) is -0.758. The normalized spacial score (nSPS) is 10.1. The average Bonchev–Trinajstić information content (AvgIpc) is 2.67. The first-order valence-corrected chi connectivity index (χ1v) is 5.16. The predicted octanol–water partition coefficient (Wildman–Crippen LogP) is 2.82. The Morgan fingerprint density at radius 1 is 1.13 bits per heavy atom. The summed E-state index contributed by atoms with van der Waals surface area (Å²) in [6, 6.07) is 8.07. The van der Waals surface area contributed by atoms with Crippen LogP contribution in [0.5, 0.6) is 5.75 Å². The van der Waals surface area contributed by atoms with Crippen molar-refractivity contribution in [1.82, 2.24) is 0 Å². The summed E-state index contributed by atoms with van der Waals surface area (Å²) in [5.41, 5.74) is 1.10. The highest BCUT2D eigenvalue weighted by Gasteiger charge is 2.12. The number of thiophene rings is 1. The van der Waals surface area contributed by atoms with Crippen molar-refractivity contribution in [1.29, 1.82) is 0 Å². The highest BCUT2D eigenvalue weighted by Crippen LogP contribution is 2.30. The number of phenols is 1. The standard InChI is InChI=1S/C11H8O3S/c12-8-3-1-7(2-4-8)10-9(11(13)14)5-6-15-10/h1-6,12H,(H,13,14). The second-order valence-corrected chi connectivity index (χ2v) is 3.93. The van der Waals surface area contributed by atoms with Crippen LogP contribution >= 0.6 is 11.3 Å². The van der Waals surface area contributed by atoms with E-state index < -0.39 is 5.97 Å². The molecular weight excluding hydrogens is 212 g/mol. The Kier molecular flexibility index (Phi) is 2.43. The van der Waals surface area contributed by atoms with Crippen LogP contribution in [0.4, 0.5) is 0 Å². The van der Waals surface area contributed by atoms with Gasteiger partial charge in [-0.1, -0.05) is 0 Å². The zero-order valence-electron chi connectivity index (χ0n) is 7.68. The third-order valence-corrected chi connectivity index (χ3v) is 2.99. The fraction of sp³-hybridized carbons (Fsp3) is 0. The lowest BCUT2D eigenvalue weighted by Crippen LogP contribution is -1.95. The molecule has 0 fully saturated rings. The molecule has 1 aromatic carbocycles. The summed E-state index contributed by atoms with van der Waals surface area (Å²) in [7, 11) is 0. The van der Waals surface area contributed by atoms with Gasteiger partial charge < -0.3 is 10.2 Å². The van der Waals surface area contributed by atoms with E-state index in [0.717, 1.165) is 5.56 Å². The van der Waals surface area contributed by atoms with Gasteiger partial charge in [-0.3, -0.25) is 0 Å². The molecule has 0 radical (unpaired) electrons. The van der Waals surface area contributed by atoms with Gasteiger partial charge in [-0.2, -0.15) is 0 Å². The molecule has 4 heteroatoms. The van der Waals surface area contributed by atoms with Gasteiger partial charge in [0.25, 0.3) is 0 Å². The van der Waals surface area contributed by atoms with Gasteiger partial charge in [-0.15, -0.1) is 11.3 Å². The van der Waals surface area contributed by atoms with Crippen LogP contribution in [-0.2, 0) is 0 Å². The molecule has 0 bridgehead atoms. The van der Waals surface area contributed by atoms with Crippen LogP contribution < -0.4 is 0 Å². The van der Waals surface area contributed by atoms with Crippen molar-refractivity contribution in [2.24, 2.45) is 0 Å². The SMILES string of the molecule is O=C(O)c1ccsc1-c1ccc(O)cc1. The number of rotatable bonds is 2. The molecule has 0 saturated heterocycles. The summed E-state index contributed by atoms with van der Waals surface area (Å²) < 4.78 is 0. The quantitative estimate of drug-likeness (QED) is 0.818. The molecule has 0 saturated carbocycles. The summed E-state index contributed by atoms with van der Waals surface area (Å²) in [5, 5.41) is 19.8. The van der Waals surface area contributed by atoms with E-state index in [1.807, 2.05) is 0 Å². The Hall–Kier alpha value is -1.81. The molecule has 0 aliphatic heterocycles. The van der Waals surface area contributed by atoms with Crippen molar-refractivity contribution >= 4 is 17.3 Å². The van der Waals surface area contributed by atoms with Crippen LogP contribution in [0.3, 0.4) is 0 Å². The fourth-order valence-electron chi connectivity index (χ4n) is 1.31. The molecule has 0 unspecified atom stereocenters. The lowest BCUT2D eigenvalue weighted by molar-refractivity contribution is 0.0698. The number of carboxylic acid groups (broad SMARTS) is 1. The van der Waals surface area contributed by atoms with Crippen LogP contribution in [-0.4, -0.2) is 16.2 Å². The summed E-state index contributed by atoms with van der Waals surface area (Å²) in [4.78, 5) is 11.6. The Balaban J connectivity index is 2.49. The molecule has 15 heavy (non-hydrogen) atoms. The van der Waals surface area contributed by atoms with Crippen molar-refractivity contribution in [2.45, 2.75) is 0 Å². The Bertz CT molecular complexity index is 485. The first kappa shape index (κ1) is 9.73. The van der Waals surface area contributed by atoms with E-state index in [9.17, 15) is 4.79 Å². The Morgan fingerprint density at radius 3 is 2.40 bits per heavy atom. The second-order valence-electron chi connectivity index (χ2n) is 3.02. The highest BCUT2D eigenvalue weighted by atomic mass is 32.1. The van der Waals surface area contributed by atoms with Gasteiger partial charge in [0.2, 0.25) is 0 Å².